The zero-order chi connectivity index (χ0) is 16.9. The first-order valence-electron chi connectivity index (χ1n) is 9.01. The van der Waals surface area contributed by atoms with Crippen molar-refractivity contribution in [1.82, 2.24) is 9.97 Å². The summed E-state index contributed by atoms with van der Waals surface area (Å²) >= 11 is 0. The molecule has 2 fully saturated rings. The van der Waals surface area contributed by atoms with Crippen molar-refractivity contribution in [3.8, 4) is 11.3 Å². The van der Waals surface area contributed by atoms with E-state index in [9.17, 15) is 0 Å². The number of aromatic nitrogens is 2. The number of rotatable bonds is 5. The van der Waals surface area contributed by atoms with Crippen LogP contribution in [-0.4, -0.2) is 55.5 Å². The fourth-order valence-corrected chi connectivity index (χ4v) is 3.21. The van der Waals surface area contributed by atoms with Gasteiger partial charge in [0.25, 0.3) is 0 Å². The minimum Gasteiger partial charge on any atom is -0.378 e. The van der Waals surface area contributed by atoms with Gasteiger partial charge in [0.2, 0.25) is 5.95 Å². The van der Waals surface area contributed by atoms with Crippen LogP contribution >= 0.6 is 0 Å². The molecule has 0 spiro atoms. The van der Waals surface area contributed by atoms with Crippen molar-refractivity contribution in [2.24, 2.45) is 0 Å². The predicted molar refractivity (Wildman–Crippen MR) is 98.0 cm³/mol. The lowest BCUT2D eigenvalue weighted by atomic mass is 10.1. The van der Waals surface area contributed by atoms with Gasteiger partial charge in [0.05, 0.1) is 25.0 Å². The van der Waals surface area contributed by atoms with Gasteiger partial charge in [-0.15, -0.1) is 0 Å². The summed E-state index contributed by atoms with van der Waals surface area (Å²) < 4.78 is 11.2. The molecule has 1 N–H and O–H groups in total. The van der Waals surface area contributed by atoms with E-state index in [0.717, 1.165) is 75.3 Å². The molecule has 0 saturated carbocycles. The average Bonchev–Trinajstić information content (AvgIpc) is 3.21. The highest BCUT2D eigenvalue weighted by Crippen LogP contribution is 2.24. The Morgan fingerprint density at radius 1 is 1.08 bits per heavy atom. The van der Waals surface area contributed by atoms with Crippen LogP contribution < -0.4 is 10.2 Å². The molecule has 6 heteroatoms. The molecule has 1 aromatic heterocycles. The van der Waals surface area contributed by atoms with Crippen LogP contribution in [0.1, 0.15) is 12.8 Å². The van der Waals surface area contributed by atoms with Gasteiger partial charge >= 0.3 is 0 Å². The van der Waals surface area contributed by atoms with Crippen LogP contribution in [0.15, 0.2) is 36.4 Å². The summed E-state index contributed by atoms with van der Waals surface area (Å²) in [5, 5.41) is 3.44. The Morgan fingerprint density at radius 2 is 1.92 bits per heavy atom. The molecule has 132 valence electrons. The van der Waals surface area contributed by atoms with Crippen molar-refractivity contribution in [3.05, 3.63) is 36.4 Å². The van der Waals surface area contributed by atoms with E-state index in [1.165, 1.54) is 0 Å². The van der Waals surface area contributed by atoms with Crippen molar-refractivity contribution >= 4 is 11.8 Å². The highest BCUT2D eigenvalue weighted by atomic mass is 16.5. The molecule has 0 radical (unpaired) electrons. The second kappa shape index (κ2) is 7.80. The van der Waals surface area contributed by atoms with E-state index in [1.54, 1.807) is 0 Å². The van der Waals surface area contributed by atoms with Gasteiger partial charge in [0, 0.05) is 37.9 Å². The number of morpholine rings is 1. The molecule has 3 heterocycles. The predicted octanol–water partition coefficient (Wildman–Crippen LogP) is 2.57. The molecule has 2 aliphatic rings. The zero-order valence-corrected chi connectivity index (χ0v) is 14.4. The van der Waals surface area contributed by atoms with Gasteiger partial charge < -0.3 is 19.7 Å². The number of nitrogens with zero attached hydrogens (tertiary/aromatic N) is 3. The SMILES string of the molecule is c1ccc(-c2cc(NCC3CCCO3)nc(N3CCOCC3)n2)cc1. The Bertz CT molecular complexity index is 683. The summed E-state index contributed by atoms with van der Waals surface area (Å²) in [5.41, 5.74) is 2.03. The van der Waals surface area contributed by atoms with Crippen molar-refractivity contribution in [1.29, 1.82) is 0 Å². The summed E-state index contributed by atoms with van der Waals surface area (Å²) in [6, 6.07) is 12.3. The Morgan fingerprint density at radius 3 is 2.68 bits per heavy atom. The molecule has 0 amide bonds. The third-order valence-electron chi connectivity index (χ3n) is 4.61. The smallest absolute Gasteiger partial charge is 0.228 e. The van der Waals surface area contributed by atoms with Gasteiger partial charge in [-0.25, -0.2) is 4.98 Å². The Labute approximate surface area is 148 Å². The van der Waals surface area contributed by atoms with Crippen LogP contribution in [0.4, 0.5) is 11.8 Å². The second-order valence-corrected chi connectivity index (χ2v) is 6.42. The average molecular weight is 340 g/mol. The lowest BCUT2D eigenvalue weighted by Gasteiger charge is -2.27. The minimum atomic E-state index is 0.280. The zero-order valence-electron chi connectivity index (χ0n) is 14.4. The molecular formula is C19H24N4O2. The van der Waals surface area contributed by atoms with Crippen molar-refractivity contribution in [3.63, 3.8) is 0 Å². The first kappa shape index (κ1) is 16.3. The quantitative estimate of drug-likeness (QED) is 0.903. The Balaban J connectivity index is 1.59. The van der Waals surface area contributed by atoms with Crippen LogP contribution in [-0.2, 0) is 9.47 Å². The van der Waals surface area contributed by atoms with Crippen LogP contribution in [0.2, 0.25) is 0 Å². The maximum atomic E-state index is 5.70. The van der Waals surface area contributed by atoms with Crippen molar-refractivity contribution in [2.75, 3.05) is 49.7 Å². The number of nitrogens with one attached hydrogen (secondary N) is 1. The molecule has 25 heavy (non-hydrogen) atoms. The van der Waals surface area contributed by atoms with Gasteiger partial charge in [-0.1, -0.05) is 30.3 Å². The van der Waals surface area contributed by atoms with Crippen LogP contribution in [0, 0.1) is 0 Å². The van der Waals surface area contributed by atoms with E-state index in [2.05, 4.69) is 22.3 Å². The molecule has 0 aliphatic carbocycles. The Hall–Kier alpha value is -2.18. The van der Waals surface area contributed by atoms with E-state index in [-0.39, 0.29) is 6.10 Å². The molecule has 0 bridgehead atoms. The molecule has 2 saturated heterocycles. The fourth-order valence-electron chi connectivity index (χ4n) is 3.21. The highest BCUT2D eigenvalue weighted by Gasteiger charge is 2.18. The van der Waals surface area contributed by atoms with Gasteiger partial charge in [-0.3, -0.25) is 0 Å². The van der Waals surface area contributed by atoms with Gasteiger partial charge in [0.15, 0.2) is 0 Å². The van der Waals surface area contributed by atoms with Gasteiger partial charge in [0.1, 0.15) is 5.82 Å². The molecule has 1 unspecified atom stereocenters. The maximum Gasteiger partial charge on any atom is 0.228 e. The van der Waals surface area contributed by atoms with E-state index < -0.39 is 0 Å². The number of hydrogen-bond donors (Lipinski definition) is 1. The van der Waals surface area contributed by atoms with E-state index >= 15 is 0 Å². The molecule has 2 aromatic rings. The second-order valence-electron chi connectivity index (χ2n) is 6.42. The molecule has 4 rings (SSSR count). The van der Waals surface area contributed by atoms with Crippen molar-refractivity contribution in [2.45, 2.75) is 18.9 Å². The third-order valence-corrected chi connectivity index (χ3v) is 4.61. The van der Waals surface area contributed by atoms with E-state index in [1.807, 2.05) is 24.3 Å². The van der Waals surface area contributed by atoms with Crippen LogP contribution in [0.3, 0.4) is 0 Å². The number of hydrogen-bond acceptors (Lipinski definition) is 6. The lowest BCUT2D eigenvalue weighted by molar-refractivity contribution is 0.120. The molecule has 1 atom stereocenters. The Kier molecular flexibility index (Phi) is 5.09. The normalized spacial score (nSPS) is 20.6. The standard InChI is InChI=1S/C19H24N4O2/c1-2-5-15(6-3-1)17-13-18(20-14-16-7-4-10-25-16)22-19(21-17)23-8-11-24-12-9-23/h1-3,5-6,13,16H,4,7-12,14H2,(H,20,21,22). The summed E-state index contributed by atoms with van der Waals surface area (Å²) in [6.07, 6.45) is 2.53. The monoisotopic (exact) mass is 340 g/mol. The van der Waals surface area contributed by atoms with Crippen LogP contribution in [0.25, 0.3) is 11.3 Å². The molecule has 1 aromatic carbocycles. The fraction of sp³-hybridized carbons (Fsp3) is 0.474. The molecular weight excluding hydrogens is 316 g/mol. The third kappa shape index (κ3) is 4.08. The van der Waals surface area contributed by atoms with Crippen LogP contribution in [0.5, 0.6) is 0 Å². The molecule has 2 aliphatic heterocycles. The highest BCUT2D eigenvalue weighted by molar-refractivity contribution is 5.64. The summed E-state index contributed by atoms with van der Waals surface area (Å²) in [4.78, 5) is 11.7. The first-order valence-corrected chi connectivity index (χ1v) is 9.01. The summed E-state index contributed by atoms with van der Waals surface area (Å²) in [5.74, 6) is 1.62. The van der Waals surface area contributed by atoms with E-state index in [4.69, 9.17) is 19.4 Å². The van der Waals surface area contributed by atoms with Gasteiger partial charge in [-0.05, 0) is 12.8 Å². The molecule has 6 nitrogen and oxygen atoms in total. The largest absolute Gasteiger partial charge is 0.378 e. The number of ether oxygens (including phenoxy) is 2. The number of benzene rings is 1. The lowest BCUT2D eigenvalue weighted by Crippen LogP contribution is -2.37. The topological polar surface area (TPSA) is 59.5 Å². The summed E-state index contributed by atoms with van der Waals surface area (Å²) in [6.45, 7) is 4.74. The first-order chi connectivity index (χ1) is 12.4. The minimum absolute atomic E-state index is 0.280. The van der Waals surface area contributed by atoms with E-state index in [0.29, 0.717) is 0 Å². The number of anilines is 2. The summed E-state index contributed by atoms with van der Waals surface area (Å²) in [7, 11) is 0. The maximum absolute atomic E-state index is 5.70. The van der Waals surface area contributed by atoms with Gasteiger partial charge in [-0.2, -0.15) is 4.98 Å². The van der Waals surface area contributed by atoms with Crippen molar-refractivity contribution < 1.29 is 9.47 Å².